The zero-order valence-corrected chi connectivity index (χ0v) is 31.4. The maximum absolute atomic E-state index is 13.4. The van der Waals surface area contributed by atoms with Gasteiger partial charge in [-0.3, -0.25) is 24.5 Å². The van der Waals surface area contributed by atoms with Crippen molar-refractivity contribution < 1.29 is 38.2 Å². The molecule has 2 aliphatic rings. The highest BCUT2D eigenvalue weighted by Gasteiger charge is 2.40. The van der Waals surface area contributed by atoms with Crippen molar-refractivity contribution >= 4 is 58.4 Å². The smallest absolute Gasteiger partial charge is 0.407 e. The zero-order chi connectivity index (χ0) is 39.1. The number of hydrogen-bond donors (Lipinski definition) is 4. The van der Waals surface area contributed by atoms with Crippen molar-refractivity contribution in [2.75, 3.05) is 37.9 Å². The molecule has 0 aliphatic carbocycles. The molecule has 1 aromatic heterocycles. The molecule has 4 atom stereocenters. The van der Waals surface area contributed by atoms with Gasteiger partial charge in [-0.2, -0.15) is 0 Å². The molecule has 6 amide bonds. The molecule has 1 unspecified atom stereocenters. The molecule has 0 radical (unpaired) electrons. The van der Waals surface area contributed by atoms with E-state index in [9.17, 15) is 28.8 Å². The van der Waals surface area contributed by atoms with Gasteiger partial charge in [-0.05, 0) is 72.9 Å². The molecule has 2 fully saturated rings. The van der Waals surface area contributed by atoms with Gasteiger partial charge in [0.25, 0.3) is 0 Å². The van der Waals surface area contributed by atoms with Crippen LogP contribution in [0.3, 0.4) is 0 Å². The number of aromatic nitrogens is 2. The van der Waals surface area contributed by atoms with Crippen LogP contribution in [0.2, 0.25) is 0 Å². The van der Waals surface area contributed by atoms with E-state index in [0.29, 0.717) is 50.0 Å². The lowest BCUT2D eigenvalue weighted by molar-refractivity contribution is -0.139. The Bertz CT molecular complexity index is 1880. The summed E-state index contributed by atoms with van der Waals surface area (Å²) in [4.78, 5) is 88.9. The fourth-order valence-corrected chi connectivity index (χ4v) is 6.80. The van der Waals surface area contributed by atoms with Crippen molar-refractivity contribution in [1.82, 2.24) is 30.4 Å². The maximum Gasteiger partial charge on any atom is 0.407 e. The van der Waals surface area contributed by atoms with Crippen molar-refractivity contribution in [2.24, 2.45) is 11.8 Å². The first-order valence-corrected chi connectivity index (χ1v) is 18.1. The van der Waals surface area contributed by atoms with Crippen LogP contribution in [-0.4, -0.2) is 107 Å². The van der Waals surface area contributed by atoms with Crippen LogP contribution in [0.15, 0.2) is 48.7 Å². The monoisotopic (exact) mass is 744 g/mol. The number of methoxy groups -OCH3 is 2. The first-order valence-electron chi connectivity index (χ1n) is 18.1. The molecular formula is C38H48N8O8. The lowest BCUT2D eigenvalue weighted by atomic mass is 10.0. The van der Waals surface area contributed by atoms with Gasteiger partial charge < -0.3 is 35.2 Å². The third-order valence-corrected chi connectivity index (χ3v) is 9.76. The summed E-state index contributed by atoms with van der Waals surface area (Å²) in [5.41, 5.74) is 2.94. The van der Waals surface area contributed by atoms with E-state index < -0.39 is 42.3 Å². The average Bonchev–Trinajstić information content (AvgIpc) is 3.86. The van der Waals surface area contributed by atoms with Gasteiger partial charge in [0.2, 0.25) is 29.6 Å². The molecule has 0 spiro atoms. The topological polar surface area (TPSA) is 201 Å². The molecule has 5 rings (SSSR count). The Labute approximate surface area is 313 Å². The standard InChI is InChI=1S/C38H48N8O8/c1-21(2)30(42-37(51)53-5)34(49)45-17-7-9-28(45)32(47)40-26-14-11-23(12-15-26)24-13-16-27-25(19-24)20-39-36(41-27)44-33(48)29-10-8-18-46(29)35(50)31(22(3)4)43-38(52)54-6/h11-16,19-22,28-31H,7-10,17-18H2,1-6H3,(H,40,47)(H,42,51)(H,43,52)(H,39,41,44,48)/t28?,29-,30-,31-/m0/s1. The minimum Gasteiger partial charge on any atom is -0.453 e. The number of nitrogens with zero attached hydrogens (tertiary/aromatic N) is 4. The third-order valence-electron chi connectivity index (χ3n) is 9.76. The summed E-state index contributed by atoms with van der Waals surface area (Å²) in [6.45, 7) is 8.05. The first kappa shape index (κ1) is 39.4. The van der Waals surface area contributed by atoms with Crippen LogP contribution >= 0.6 is 0 Å². The molecule has 16 heteroatoms. The number of carbonyl (C=O) groups is 6. The Morgan fingerprint density at radius 3 is 1.70 bits per heavy atom. The van der Waals surface area contributed by atoms with Crippen molar-refractivity contribution in [3.05, 3.63) is 48.7 Å². The van der Waals surface area contributed by atoms with E-state index in [1.807, 2.05) is 58.0 Å². The SMILES string of the molecule is COC(=O)N[C@H](C(=O)N1CCCC1C(=O)Nc1ccc(-c2ccc3nc(NC(=O)[C@@H]4CCCN4C(=O)[C@@H](NC(=O)OC)C(C)C)ncc3c2)cc1)C(C)C. The van der Waals surface area contributed by atoms with Crippen LogP contribution in [-0.2, 0) is 28.7 Å². The van der Waals surface area contributed by atoms with Gasteiger partial charge in [0.1, 0.15) is 24.2 Å². The predicted octanol–water partition coefficient (Wildman–Crippen LogP) is 3.92. The number of fused-ring (bicyclic) bond motifs is 1. The van der Waals surface area contributed by atoms with Crippen molar-refractivity contribution in [1.29, 1.82) is 0 Å². The number of benzene rings is 2. The minimum absolute atomic E-state index is 0.106. The quantitative estimate of drug-likeness (QED) is 0.223. The molecule has 54 heavy (non-hydrogen) atoms. The van der Waals surface area contributed by atoms with Crippen molar-refractivity contribution in [3.8, 4) is 11.1 Å². The lowest BCUT2D eigenvalue weighted by Crippen LogP contribution is -2.54. The summed E-state index contributed by atoms with van der Waals surface area (Å²) in [7, 11) is 2.46. The molecule has 0 saturated carbocycles. The number of nitrogens with one attached hydrogen (secondary N) is 4. The second kappa shape index (κ2) is 17.4. The highest BCUT2D eigenvalue weighted by atomic mass is 16.5. The molecule has 3 heterocycles. The number of likely N-dealkylation sites (tertiary alicyclic amines) is 2. The largest absolute Gasteiger partial charge is 0.453 e. The molecule has 2 saturated heterocycles. The highest BCUT2D eigenvalue weighted by Crippen LogP contribution is 2.27. The Hall–Kier alpha value is -5.80. The Kier molecular flexibility index (Phi) is 12.7. The molecule has 2 aliphatic heterocycles. The number of ether oxygens (including phenoxy) is 2. The van der Waals surface area contributed by atoms with E-state index in [-0.39, 0.29) is 35.5 Å². The normalized spacial score (nSPS) is 17.9. The predicted molar refractivity (Wildman–Crippen MR) is 200 cm³/mol. The van der Waals surface area contributed by atoms with Gasteiger partial charge >= 0.3 is 12.2 Å². The van der Waals surface area contributed by atoms with Crippen LogP contribution in [0, 0.1) is 11.8 Å². The van der Waals surface area contributed by atoms with Gasteiger partial charge in [-0.1, -0.05) is 45.9 Å². The molecule has 0 bridgehead atoms. The molecule has 288 valence electrons. The van der Waals surface area contributed by atoms with Gasteiger partial charge in [-0.15, -0.1) is 0 Å². The highest BCUT2D eigenvalue weighted by molar-refractivity contribution is 6.00. The average molecular weight is 745 g/mol. The molecular weight excluding hydrogens is 696 g/mol. The van der Waals surface area contributed by atoms with Crippen LogP contribution in [0.1, 0.15) is 53.4 Å². The Balaban J connectivity index is 1.21. The Morgan fingerprint density at radius 2 is 1.20 bits per heavy atom. The van der Waals surface area contributed by atoms with Gasteiger partial charge in [0, 0.05) is 30.4 Å². The van der Waals surface area contributed by atoms with Crippen LogP contribution in [0.25, 0.3) is 22.0 Å². The fraction of sp³-hybridized carbons (Fsp3) is 0.474. The molecule has 3 aromatic rings. The van der Waals surface area contributed by atoms with Gasteiger partial charge in [0.05, 0.1) is 19.7 Å². The zero-order valence-electron chi connectivity index (χ0n) is 31.4. The van der Waals surface area contributed by atoms with E-state index in [0.717, 1.165) is 16.5 Å². The van der Waals surface area contributed by atoms with Crippen LogP contribution in [0.4, 0.5) is 21.2 Å². The number of amides is 6. The summed E-state index contributed by atoms with van der Waals surface area (Å²) >= 11 is 0. The number of carbonyl (C=O) groups excluding carboxylic acids is 6. The van der Waals surface area contributed by atoms with Crippen molar-refractivity contribution in [3.63, 3.8) is 0 Å². The summed E-state index contributed by atoms with van der Waals surface area (Å²) < 4.78 is 9.36. The van der Waals surface area contributed by atoms with Crippen LogP contribution in [0.5, 0.6) is 0 Å². The summed E-state index contributed by atoms with van der Waals surface area (Å²) in [5.74, 6) is -1.70. The fourth-order valence-electron chi connectivity index (χ4n) is 6.80. The number of hydrogen-bond acceptors (Lipinski definition) is 10. The van der Waals surface area contributed by atoms with E-state index >= 15 is 0 Å². The second-order valence-electron chi connectivity index (χ2n) is 14.1. The van der Waals surface area contributed by atoms with E-state index in [1.54, 1.807) is 18.3 Å². The van der Waals surface area contributed by atoms with E-state index in [4.69, 9.17) is 0 Å². The molecule has 2 aromatic carbocycles. The summed E-state index contributed by atoms with van der Waals surface area (Å²) in [6, 6.07) is 9.89. The van der Waals surface area contributed by atoms with E-state index in [2.05, 4.69) is 40.7 Å². The summed E-state index contributed by atoms with van der Waals surface area (Å²) in [6.07, 6.45) is 2.48. The number of rotatable bonds is 11. The number of alkyl carbamates (subject to hydrolysis) is 2. The third kappa shape index (κ3) is 9.04. The van der Waals surface area contributed by atoms with E-state index in [1.165, 1.54) is 24.0 Å². The second-order valence-corrected chi connectivity index (χ2v) is 14.1. The van der Waals surface area contributed by atoms with Gasteiger partial charge in [0.15, 0.2) is 0 Å². The van der Waals surface area contributed by atoms with Gasteiger partial charge in [-0.25, -0.2) is 19.6 Å². The Morgan fingerprint density at radius 1 is 0.704 bits per heavy atom. The number of anilines is 2. The molecule has 4 N–H and O–H groups in total. The van der Waals surface area contributed by atoms with Crippen LogP contribution < -0.4 is 21.3 Å². The molecule has 16 nitrogen and oxygen atoms in total. The lowest BCUT2D eigenvalue weighted by Gasteiger charge is -2.30. The summed E-state index contributed by atoms with van der Waals surface area (Å²) in [5, 5.41) is 11.6. The maximum atomic E-state index is 13.4. The van der Waals surface area contributed by atoms with Crippen molar-refractivity contribution in [2.45, 2.75) is 77.5 Å². The first-order chi connectivity index (χ1) is 25.8. The minimum atomic E-state index is -0.839.